The Morgan fingerprint density at radius 3 is 2.31 bits per heavy atom. The molecule has 0 bridgehead atoms. The van der Waals surface area contributed by atoms with E-state index >= 15 is 0 Å². The summed E-state index contributed by atoms with van der Waals surface area (Å²) in [7, 11) is 5.95. The van der Waals surface area contributed by atoms with Gasteiger partial charge in [-0.25, -0.2) is 11.4 Å². The van der Waals surface area contributed by atoms with Crippen molar-refractivity contribution in [3.63, 3.8) is 0 Å². The molecule has 29 heavy (non-hydrogen) atoms. The van der Waals surface area contributed by atoms with Crippen molar-refractivity contribution in [1.82, 2.24) is 14.7 Å². The SMILES string of the molecule is [C-]#[N+]C(C)(C)CN1CC2(CCC(c3ccccc3)(N(C)C)CC2)N(COC)C1=O. The lowest BCUT2D eigenvalue weighted by Crippen LogP contribution is -2.55. The fraction of sp³-hybridized carbons (Fsp3) is 0.652. The molecule has 6 nitrogen and oxygen atoms in total. The first kappa shape index (κ1) is 21.6. The minimum Gasteiger partial charge on any atom is -0.364 e. The molecular formula is C23H34N4O2. The smallest absolute Gasteiger partial charge is 0.322 e. The van der Waals surface area contributed by atoms with Gasteiger partial charge in [-0.2, -0.15) is 0 Å². The molecule has 6 heteroatoms. The van der Waals surface area contributed by atoms with Crippen LogP contribution in [0.2, 0.25) is 0 Å². The third-order valence-corrected chi connectivity index (χ3v) is 6.87. The Balaban J connectivity index is 1.86. The van der Waals surface area contributed by atoms with Gasteiger partial charge in [-0.1, -0.05) is 30.3 Å². The van der Waals surface area contributed by atoms with Gasteiger partial charge in [-0.3, -0.25) is 9.80 Å². The number of hydrogen-bond acceptors (Lipinski definition) is 3. The monoisotopic (exact) mass is 398 g/mol. The average Bonchev–Trinajstić information content (AvgIpc) is 2.94. The van der Waals surface area contributed by atoms with Crippen molar-refractivity contribution in [2.45, 2.75) is 56.1 Å². The number of rotatable bonds is 6. The van der Waals surface area contributed by atoms with Crippen LogP contribution in [0.5, 0.6) is 0 Å². The molecule has 158 valence electrons. The summed E-state index contributed by atoms with van der Waals surface area (Å²) >= 11 is 0. The van der Waals surface area contributed by atoms with E-state index in [9.17, 15) is 4.79 Å². The number of methoxy groups -OCH3 is 1. The molecule has 2 amide bonds. The first-order valence-electron chi connectivity index (χ1n) is 10.4. The van der Waals surface area contributed by atoms with Gasteiger partial charge in [-0.15, -0.1) is 0 Å². The van der Waals surface area contributed by atoms with Crippen LogP contribution < -0.4 is 0 Å². The zero-order valence-corrected chi connectivity index (χ0v) is 18.4. The molecule has 0 aromatic heterocycles. The Labute approximate surface area is 175 Å². The number of ether oxygens (including phenoxy) is 1. The predicted octanol–water partition coefficient (Wildman–Crippen LogP) is 3.80. The van der Waals surface area contributed by atoms with Crippen molar-refractivity contribution >= 4 is 6.03 Å². The van der Waals surface area contributed by atoms with Crippen LogP contribution in [0, 0.1) is 6.57 Å². The van der Waals surface area contributed by atoms with Gasteiger partial charge in [0, 0.05) is 33.0 Å². The molecule has 0 atom stereocenters. The zero-order chi connectivity index (χ0) is 21.3. The highest BCUT2D eigenvalue weighted by atomic mass is 16.5. The minimum atomic E-state index is -0.577. The molecule has 0 N–H and O–H groups in total. The summed E-state index contributed by atoms with van der Waals surface area (Å²) in [6.45, 7) is 12.7. The maximum absolute atomic E-state index is 13.2. The Morgan fingerprint density at radius 1 is 1.17 bits per heavy atom. The van der Waals surface area contributed by atoms with E-state index in [-0.39, 0.29) is 17.1 Å². The molecule has 2 aliphatic rings. The normalized spacial score (nSPS) is 27.7. The van der Waals surface area contributed by atoms with Gasteiger partial charge in [0.2, 0.25) is 5.54 Å². The molecule has 2 fully saturated rings. The van der Waals surface area contributed by atoms with Crippen LogP contribution in [0.25, 0.3) is 4.85 Å². The molecule has 1 saturated heterocycles. The van der Waals surface area contributed by atoms with Crippen molar-refractivity contribution in [3.05, 3.63) is 47.3 Å². The summed E-state index contributed by atoms with van der Waals surface area (Å²) < 4.78 is 5.42. The van der Waals surface area contributed by atoms with E-state index in [2.05, 4.69) is 54.2 Å². The third-order valence-electron chi connectivity index (χ3n) is 6.87. The number of urea groups is 1. The topological polar surface area (TPSA) is 40.4 Å². The highest BCUT2D eigenvalue weighted by Crippen LogP contribution is 2.49. The van der Waals surface area contributed by atoms with E-state index in [0.29, 0.717) is 19.8 Å². The maximum Gasteiger partial charge on any atom is 0.322 e. The van der Waals surface area contributed by atoms with Gasteiger partial charge in [-0.05, 0) is 45.3 Å². The van der Waals surface area contributed by atoms with E-state index in [4.69, 9.17) is 11.3 Å². The van der Waals surface area contributed by atoms with E-state index in [0.717, 1.165) is 25.7 Å². The largest absolute Gasteiger partial charge is 0.364 e. The van der Waals surface area contributed by atoms with Gasteiger partial charge in [0.1, 0.15) is 6.73 Å². The molecule has 1 heterocycles. The van der Waals surface area contributed by atoms with Gasteiger partial charge >= 0.3 is 6.03 Å². The minimum absolute atomic E-state index is 0.000592. The Bertz CT molecular complexity index is 761. The summed E-state index contributed by atoms with van der Waals surface area (Å²) in [5.74, 6) is 0. The van der Waals surface area contributed by atoms with Crippen molar-refractivity contribution in [1.29, 1.82) is 0 Å². The number of amides is 2. The standard InChI is InChI=1S/C23H34N4O2/c1-21(2,24-3)16-26-17-22(27(18-29-6)20(26)28)12-14-23(15-13-22,25(4)5)19-10-8-7-9-11-19/h7-11H,12-18H2,1-2,4-6H3. The van der Waals surface area contributed by atoms with Crippen LogP contribution in [0.4, 0.5) is 4.79 Å². The van der Waals surface area contributed by atoms with Crippen molar-refractivity contribution in [3.8, 4) is 0 Å². The van der Waals surface area contributed by atoms with Crippen LogP contribution in [0.3, 0.4) is 0 Å². The molecule has 0 unspecified atom stereocenters. The van der Waals surface area contributed by atoms with Crippen LogP contribution in [-0.4, -0.2) is 72.8 Å². The quantitative estimate of drug-likeness (QED) is 0.685. The van der Waals surface area contributed by atoms with Gasteiger partial charge in [0.25, 0.3) is 0 Å². The fourth-order valence-electron chi connectivity index (χ4n) is 5.13. The second-order valence-electron chi connectivity index (χ2n) is 9.43. The molecule has 0 radical (unpaired) electrons. The van der Waals surface area contributed by atoms with Crippen LogP contribution in [0.1, 0.15) is 45.1 Å². The van der Waals surface area contributed by atoms with Crippen molar-refractivity contribution < 1.29 is 9.53 Å². The Morgan fingerprint density at radius 2 is 1.79 bits per heavy atom. The summed E-state index contributed by atoms with van der Waals surface area (Å²) in [6, 6.07) is 10.7. The number of nitrogens with zero attached hydrogens (tertiary/aromatic N) is 4. The summed E-state index contributed by atoms with van der Waals surface area (Å²) in [6.07, 6.45) is 3.81. The molecule has 1 aliphatic carbocycles. The molecular weight excluding hydrogens is 364 g/mol. The van der Waals surface area contributed by atoms with Crippen molar-refractivity contribution in [2.24, 2.45) is 0 Å². The van der Waals surface area contributed by atoms with E-state index in [1.54, 1.807) is 7.11 Å². The lowest BCUT2D eigenvalue weighted by Gasteiger charge is -2.50. The first-order chi connectivity index (χ1) is 13.7. The number of carbonyl (C=O) groups excluding carboxylic acids is 1. The number of hydrogen-bond donors (Lipinski definition) is 0. The van der Waals surface area contributed by atoms with Crippen molar-refractivity contribution in [2.75, 3.05) is 41.0 Å². The molecule has 1 aliphatic heterocycles. The molecule has 3 rings (SSSR count). The maximum atomic E-state index is 13.2. The lowest BCUT2D eigenvalue weighted by molar-refractivity contribution is -0.0156. The Hall–Kier alpha value is -2.10. The second-order valence-corrected chi connectivity index (χ2v) is 9.43. The summed E-state index contributed by atoms with van der Waals surface area (Å²) in [4.78, 5) is 23.0. The summed E-state index contributed by atoms with van der Waals surface area (Å²) in [5.41, 5.74) is 0.525. The Kier molecular flexibility index (Phi) is 5.93. The number of benzene rings is 1. The van der Waals surface area contributed by atoms with E-state index in [1.165, 1.54) is 5.56 Å². The second kappa shape index (κ2) is 7.97. The third kappa shape index (κ3) is 3.86. The number of carbonyl (C=O) groups is 1. The highest BCUT2D eigenvalue weighted by Gasteiger charge is 2.55. The lowest BCUT2D eigenvalue weighted by atomic mass is 9.68. The van der Waals surface area contributed by atoms with Gasteiger partial charge in [0.15, 0.2) is 0 Å². The van der Waals surface area contributed by atoms with Crippen LogP contribution in [0.15, 0.2) is 30.3 Å². The fourth-order valence-corrected chi connectivity index (χ4v) is 5.13. The van der Waals surface area contributed by atoms with E-state index < -0.39 is 5.54 Å². The first-order valence-corrected chi connectivity index (χ1v) is 10.4. The van der Waals surface area contributed by atoms with Gasteiger partial charge in [0.05, 0.1) is 12.1 Å². The van der Waals surface area contributed by atoms with E-state index in [1.807, 2.05) is 23.6 Å². The predicted molar refractivity (Wildman–Crippen MR) is 114 cm³/mol. The van der Waals surface area contributed by atoms with Gasteiger partial charge < -0.3 is 14.5 Å². The molecule has 1 spiro atoms. The van der Waals surface area contributed by atoms with Crippen LogP contribution in [-0.2, 0) is 10.3 Å². The average molecular weight is 399 g/mol. The zero-order valence-electron chi connectivity index (χ0n) is 18.4. The molecule has 1 aromatic carbocycles. The van der Waals surface area contributed by atoms with Crippen LogP contribution >= 0.6 is 0 Å². The highest BCUT2D eigenvalue weighted by molar-refractivity contribution is 5.78. The summed E-state index contributed by atoms with van der Waals surface area (Å²) in [5, 5.41) is 0. The molecule has 1 aromatic rings. The molecule has 1 saturated carbocycles.